The molecule has 0 radical (unpaired) electrons. The first-order valence-corrected chi connectivity index (χ1v) is 6.65. The zero-order valence-electron chi connectivity index (χ0n) is 11.7. The summed E-state index contributed by atoms with van der Waals surface area (Å²) in [6, 6.07) is 6.80. The van der Waals surface area contributed by atoms with Crippen LogP contribution in [0.1, 0.15) is 10.4 Å². The van der Waals surface area contributed by atoms with Crippen molar-refractivity contribution in [1.82, 2.24) is 0 Å². The smallest absolute Gasteiger partial charge is 0.417 e. The van der Waals surface area contributed by atoms with Gasteiger partial charge in [0.2, 0.25) is 5.75 Å². The second-order valence-electron chi connectivity index (χ2n) is 4.42. The van der Waals surface area contributed by atoms with E-state index in [-0.39, 0.29) is 22.0 Å². The number of carbonyl (C=O) groups excluding carboxylic acids is 1. The Hall–Kier alpha value is -3.33. The number of carboxylic acids is 1. The molecule has 0 fully saturated rings. The molecule has 0 heterocycles. The minimum Gasteiger partial charge on any atom is -0.507 e. The molecule has 10 heteroatoms. The number of carboxylic acid groups (broad SMARTS) is 1. The number of hydrogen-bond acceptors (Lipinski definition) is 6. The number of aromatic carboxylic acids is 1. The van der Waals surface area contributed by atoms with Gasteiger partial charge in [-0.25, -0.2) is 9.59 Å². The quantitative estimate of drug-likeness (QED) is 0.566. The van der Waals surface area contributed by atoms with E-state index < -0.39 is 28.4 Å². The number of halogens is 1. The third-order valence-electron chi connectivity index (χ3n) is 2.79. The van der Waals surface area contributed by atoms with Crippen LogP contribution in [0.4, 0.5) is 16.2 Å². The summed E-state index contributed by atoms with van der Waals surface area (Å²) < 4.78 is 4.84. The molecule has 2 aromatic carbocycles. The van der Waals surface area contributed by atoms with E-state index in [1.807, 2.05) is 0 Å². The van der Waals surface area contributed by atoms with Crippen molar-refractivity contribution in [1.29, 1.82) is 0 Å². The number of amides is 1. The van der Waals surface area contributed by atoms with Gasteiger partial charge in [0.1, 0.15) is 11.3 Å². The van der Waals surface area contributed by atoms with Gasteiger partial charge >= 0.3 is 17.7 Å². The molecule has 24 heavy (non-hydrogen) atoms. The highest BCUT2D eigenvalue weighted by molar-refractivity contribution is 6.30. The lowest BCUT2D eigenvalue weighted by Gasteiger charge is -2.08. The maximum Gasteiger partial charge on any atom is 0.417 e. The summed E-state index contributed by atoms with van der Waals surface area (Å²) in [5.41, 5.74) is -0.803. The number of anilines is 1. The van der Waals surface area contributed by atoms with Gasteiger partial charge in [0.05, 0.1) is 4.92 Å². The summed E-state index contributed by atoms with van der Waals surface area (Å²) in [5, 5.41) is 31.5. The molecule has 0 aliphatic heterocycles. The number of carbonyl (C=O) groups is 2. The van der Waals surface area contributed by atoms with Crippen LogP contribution in [0.2, 0.25) is 5.02 Å². The monoisotopic (exact) mass is 352 g/mol. The minimum absolute atomic E-state index is 0.0408. The third kappa shape index (κ3) is 3.90. The number of nitro groups is 1. The first-order valence-electron chi connectivity index (χ1n) is 6.27. The summed E-state index contributed by atoms with van der Waals surface area (Å²) in [5.74, 6) is -2.22. The topological polar surface area (TPSA) is 139 Å². The first-order chi connectivity index (χ1) is 11.3. The average molecular weight is 353 g/mol. The Balaban J connectivity index is 2.16. The van der Waals surface area contributed by atoms with Crippen LogP contribution >= 0.6 is 11.6 Å². The predicted octanol–water partition coefficient (Wildman–Crippen LogP) is 3.26. The lowest BCUT2D eigenvalue weighted by Crippen LogP contribution is -2.17. The first kappa shape index (κ1) is 17.0. The minimum atomic E-state index is -1.33. The van der Waals surface area contributed by atoms with Gasteiger partial charge in [-0.15, -0.1) is 0 Å². The van der Waals surface area contributed by atoms with E-state index in [9.17, 15) is 24.8 Å². The van der Waals surface area contributed by atoms with E-state index in [1.165, 1.54) is 12.1 Å². The van der Waals surface area contributed by atoms with Crippen molar-refractivity contribution in [3.8, 4) is 11.5 Å². The second kappa shape index (κ2) is 6.84. The summed E-state index contributed by atoms with van der Waals surface area (Å²) in [6.45, 7) is 0. The van der Waals surface area contributed by atoms with Crippen molar-refractivity contribution in [2.24, 2.45) is 0 Å². The molecule has 0 aromatic heterocycles. The summed E-state index contributed by atoms with van der Waals surface area (Å²) in [4.78, 5) is 32.7. The number of nitrogens with zero attached hydrogens (tertiary/aromatic N) is 1. The van der Waals surface area contributed by atoms with Crippen LogP contribution in [-0.4, -0.2) is 27.2 Å². The molecule has 0 aliphatic carbocycles. The molecule has 124 valence electrons. The van der Waals surface area contributed by atoms with E-state index in [0.29, 0.717) is 0 Å². The molecule has 0 atom stereocenters. The van der Waals surface area contributed by atoms with Crippen molar-refractivity contribution in [3.63, 3.8) is 0 Å². The maximum absolute atomic E-state index is 11.8. The Morgan fingerprint density at radius 1 is 1.21 bits per heavy atom. The fraction of sp³-hybridized carbons (Fsp3) is 0. The van der Waals surface area contributed by atoms with E-state index in [4.69, 9.17) is 21.4 Å². The normalized spacial score (nSPS) is 10.0. The van der Waals surface area contributed by atoms with Crippen LogP contribution in [0.25, 0.3) is 0 Å². The number of ether oxygens (including phenoxy) is 1. The fourth-order valence-corrected chi connectivity index (χ4v) is 1.92. The molecule has 0 saturated carbocycles. The van der Waals surface area contributed by atoms with Gasteiger partial charge in [0, 0.05) is 22.8 Å². The molecule has 0 saturated heterocycles. The number of aromatic hydroxyl groups is 1. The van der Waals surface area contributed by atoms with Crippen LogP contribution in [0.3, 0.4) is 0 Å². The van der Waals surface area contributed by atoms with Gasteiger partial charge < -0.3 is 14.9 Å². The van der Waals surface area contributed by atoms with E-state index in [2.05, 4.69) is 5.32 Å². The standard InChI is InChI=1S/C14H9ClN2O7/c15-7-1-4-12(10(5-7)17(22)23)24-14(21)16-8-2-3-9(13(19)20)11(18)6-8/h1-6,18H,(H,16,21)(H,19,20). The Bertz CT molecular complexity index is 838. The van der Waals surface area contributed by atoms with Crippen LogP contribution in [0, 0.1) is 10.1 Å². The Morgan fingerprint density at radius 2 is 1.92 bits per heavy atom. The maximum atomic E-state index is 11.8. The number of benzene rings is 2. The highest BCUT2D eigenvalue weighted by Crippen LogP contribution is 2.30. The molecular weight excluding hydrogens is 344 g/mol. The molecule has 9 nitrogen and oxygen atoms in total. The van der Waals surface area contributed by atoms with Crippen molar-refractivity contribution < 1.29 is 29.5 Å². The van der Waals surface area contributed by atoms with Crippen LogP contribution in [0.5, 0.6) is 11.5 Å². The largest absolute Gasteiger partial charge is 0.507 e. The summed E-state index contributed by atoms with van der Waals surface area (Å²) in [7, 11) is 0. The molecule has 3 N–H and O–H groups in total. The zero-order chi connectivity index (χ0) is 17.9. The van der Waals surface area contributed by atoms with Crippen LogP contribution in [0.15, 0.2) is 36.4 Å². The number of rotatable bonds is 4. The Labute approximate surface area is 139 Å². The van der Waals surface area contributed by atoms with Crippen molar-refractivity contribution in [2.75, 3.05) is 5.32 Å². The highest BCUT2D eigenvalue weighted by Gasteiger charge is 2.19. The fourth-order valence-electron chi connectivity index (χ4n) is 1.75. The van der Waals surface area contributed by atoms with Crippen molar-refractivity contribution in [2.45, 2.75) is 0 Å². The molecular formula is C14H9ClN2O7. The Morgan fingerprint density at radius 3 is 2.50 bits per heavy atom. The van der Waals surface area contributed by atoms with Gasteiger partial charge in [-0.3, -0.25) is 15.4 Å². The van der Waals surface area contributed by atoms with Gasteiger partial charge in [-0.05, 0) is 24.3 Å². The van der Waals surface area contributed by atoms with Crippen molar-refractivity contribution in [3.05, 3.63) is 57.1 Å². The lowest BCUT2D eigenvalue weighted by atomic mass is 10.2. The third-order valence-corrected chi connectivity index (χ3v) is 3.03. The highest BCUT2D eigenvalue weighted by atomic mass is 35.5. The number of nitrogens with one attached hydrogen (secondary N) is 1. The number of phenols is 1. The summed E-state index contributed by atoms with van der Waals surface area (Å²) in [6.07, 6.45) is -1.07. The van der Waals surface area contributed by atoms with Crippen molar-refractivity contribution >= 4 is 35.0 Å². The van der Waals surface area contributed by atoms with Gasteiger partial charge in [0.25, 0.3) is 0 Å². The van der Waals surface area contributed by atoms with E-state index in [1.54, 1.807) is 0 Å². The average Bonchev–Trinajstić information content (AvgIpc) is 2.48. The van der Waals surface area contributed by atoms with Gasteiger partial charge in [-0.1, -0.05) is 11.6 Å². The molecule has 0 unspecified atom stereocenters. The molecule has 2 rings (SSSR count). The number of nitro benzene ring substituents is 1. The molecule has 0 spiro atoms. The lowest BCUT2D eigenvalue weighted by molar-refractivity contribution is -0.385. The molecule has 1 amide bonds. The Kier molecular flexibility index (Phi) is 4.85. The van der Waals surface area contributed by atoms with Crippen LogP contribution in [-0.2, 0) is 0 Å². The predicted molar refractivity (Wildman–Crippen MR) is 82.8 cm³/mol. The number of hydrogen-bond donors (Lipinski definition) is 3. The molecule has 2 aromatic rings. The summed E-state index contributed by atoms with van der Waals surface area (Å²) >= 11 is 5.65. The molecule has 0 aliphatic rings. The van der Waals surface area contributed by atoms with Gasteiger partial charge in [-0.2, -0.15) is 0 Å². The van der Waals surface area contributed by atoms with E-state index in [0.717, 1.165) is 24.3 Å². The second-order valence-corrected chi connectivity index (χ2v) is 4.86. The molecule has 0 bridgehead atoms. The zero-order valence-corrected chi connectivity index (χ0v) is 12.5. The van der Waals surface area contributed by atoms with E-state index >= 15 is 0 Å². The van der Waals surface area contributed by atoms with Crippen LogP contribution < -0.4 is 10.1 Å². The van der Waals surface area contributed by atoms with Gasteiger partial charge in [0.15, 0.2) is 0 Å². The SMILES string of the molecule is O=C(Nc1ccc(C(=O)O)c(O)c1)Oc1ccc(Cl)cc1[N+](=O)[O-].